The summed E-state index contributed by atoms with van der Waals surface area (Å²) in [5.41, 5.74) is 2.21. The second-order valence-electron chi connectivity index (χ2n) is 9.01. The minimum Gasteiger partial charge on any atom is -0.289 e. The Bertz CT molecular complexity index is 907. The largest absolute Gasteiger partial charge is 0.289 e. The Labute approximate surface area is 182 Å². The molecule has 28 heavy (non-hydrogen) atoms. The SMILES string of the molecule is CC(C)(C)C1=CC(Cl)C(C(C)(C)C)=C(/C(=C\P(=O)(Cl)Cl)c2ccccc2)C1=O. The van der Waals surface area contributed by atoms with Gasteiger partial charge >= 0.3 is 0 Å². The van der Waals surface area contributed by atoms with Crippen molar-refractivity contribution in [2.24, 2.45) is 10.8 Å². The predicted octanol–water partition coefficient (Wildman–Crippen LogP) is 8.20. The maximum absolute atomic E-state index is 13.7. The standard InChI is InChI=1S/C22H26Cl3O2P/c1-21(2,3)16-12-17(23)19(22(4,5)6)18(20(16)26)15(13-28(24,25)27)14-10-8-7-9-11-14/h7-13,17H,1-6H3/b15-13-. The van der Waals surface area contributed by atoms with Crippen LogP contribution in [-0.2, 0) is 9.36 Å². The smallest absolute Gasteiger partial charge is 0.275 e. The van der Waals surface area contributed by atoms with Gasteiger partial charge in [-0.3, -0.25) is 9.36 Å². The van der Waals surface area contributed by atoms with Crippen LogP contribution < -0.4 is 0 Å². The molecule has 0 N–H and O–H groups in total. The molecule has 0 spiro atoms. The number of halogens is 3. The lowest BCUT2D eigenvalue weighted by molar-refractivity contribution is -0.113. The number of benzene rings is 1. The normalized spacial score (nSPS) is 19.8. The fourth-order valence-corrected chi connectivity index (χ4v) is 5.13. The van der Waals surface area contributed by atoms with E-state index in [1.165, 1.54) is 5.82 Å². The fraction of sp³-hybridized carbons (Fsp3) is 0.409. The van der Waals surface area contributed by atoms with Gasteiger partial charge in [0.2, 0.25) is 0 Å². The molecule has 152 valence electrons. The van der Waals surface area contributed by atoms with E-state index in [0.717, 1.165) is 5.57 Å². The molecule has 0 saturated carbocycles. The summed E-state index contributed by atoms with van der Waals surface area (Å²) in [5.74, 6) is -2.43. The number of alkyl halides is 1. The quantitative estimate of drug-likeness (QED) is 0.337. The third-order valence-electron chi connectivity index (χ3n) is 4.58. The van der Waals surface area contributed by atoms with E-state index in [2.05, 4.69) is 0 Å². The van der Waals surface area contributed by atoms with Crippen LogP contribution in [0, 0.1) is 10.8 Å². The number of carbonyl (C=O) groups is 1. The first-order valence-corrected chi connectivity index (χ1v) is 13.1. The monoisotopic (exact) mass is 458 g/mol. The topological polar surface area (TPSA) is 34.1 Å². The molecule has 1 aromatic carbocycles. The van der Waals surface area contributed by atoms with Crippen molar-refractivity contribution in [1.82, 2.24) is 0 Å². The van der Waals surface area contributed by atoms with Gasteiger partial charge in [0.25, 0.3) is 5.85 Å². The van der Waals surface area contributed by atoms with Crippen LogP contribution in [0.1, 0.15) is 47.1 Å². The highest BCUT2D eigenvalue weighted by Crippen LogP contribution is 2.61. The second-order valence-corrected chi connectivity index (χ2v) is 14.3. The zero-order valence-electron chi connectivity index (χ0n) is 17.0. The number of allylic oxidation sites excluding steroid dienone is 5. The summed E-state index contributed by atoms with van der Waals surface area (Å²) < 4.78 is 12.3. The summed E-state index contributed by atoms with van der Waals surface area (Å²) in [4.78, 5) is 13.7. The Morgan fingerprint density at radius 2 is 1.54 bits per heavy atom. The molecule has 2 nitrogen and oxygen atoms in total. The molecule has 0 aliphatic heterocycles. The van der Waals surface area contributed by atoms with Crippen molar-refractivity contribution in [2.45, 2.75) is 46.9 Å². The van der Waals surface area contributed by atoms with Gasteiger partial charge in [0.1, 0.15) is 0 Å². The maximum Gasteiger partial charge on any atom is 0.275 e. The van der Waals surface area contributed by atoms with E-state index < -0.39 is 22.1 Å². The molecule has 0 radical (unpaired) electrons. The third kappa shape index (κ3) is 5.42. The summed E-state index contributed by atoms with van der Waals surface area (Å²) in [6.45, 7) is 11.9. The molecular weight excluding hydrogens is 434 g/mol. The van der Waals surface area contributed by atoms with Gasteiger partial charge in [0.05, 0.1) is 5.38 Å². The zero-order chi connectivity index (χ0) is 21.5. The van der Waals surface area contributed by atoms with Crippen LogP contribution in [0.2, 0.25) is 0 Å². The van der Waals surface area contributed by atoms with Gasteiger partial charge in [-0.2, -0.15) is 0 Å². The molecule has 0 heterocycles. The Hall–Kier alpha value is -0.790. The highest BCUT2D eigenvalue weighted by atomic mass is 35.9. The number of hydrogen-bond donors (Lipinski definition) is 0. The van der Waals surface area contributed by atoms with Crippen LogP contribution in [-0.4, -0.2) is 11.2 Å². The van der Waals surface area contributed by atoms with Gasteiger partial charge in [0, 0.05) is 17.0 Å². The molecule has 2 rings (SSSR count). The number of rotatable bonds is 3. The van der Waals surface area contributed by atoms with E-state index in [-0.39, 0.29) is 5.78 Å². The van der Waals surface area contributed by atoms with E-state index >= 15 is 0 Å². The molecule has 0 bridgehead atoms. The molecule has 6 heteroatoms. The van der Waals surface area contributed by atoms with E-state index in [1.54, 1.807) is 0 Å². The summed E-state index contributed by atoms with van der Waals surface area (Å²) in [5, 5.41) is -0.473. The van der Waals surface area contributed by atoms with Crippen molar-refractivity contribution < 1.29 is 9.36 Å². The highest BCUT2D eigenvalue weighted by Gasteiger charge is 2.40. The highest BCUT2D eigenvalue weighted by molar-refractivity contribution is 8.10. The average molecular weight is 460 g/mol. The van der Waals surface area contributed by atoms with E-state index in [1.807, 2.05) is 78.0 Å². The van der Waals surface area contributed by atoms with Gasteiger partial charge in [-0.25, -0.2) is 0 Å². The Morgan fingerprint density at radius 1 is 1.00 bits per heavy atom. The molecule has 0 amide bonds. The Balaban J connectivity index is 2.91. The van der Waals surface area contributed by atoms with E-state index in [4.69, 9.17) is 34.1 Å². The van der Waals surface area contributed by atoms with Gasteiger partial charge in [-0.05, 0) is 50.0 Å². The van der Waals surface area contributed by atoms with Crippen LogP contribution in [0.15, 0.2) is 58.9 Å². The first kappa shape index (κ1) is 23.5. The van der Waals surface area contributed by atoms with E-state index in [9.17, 15) is 9.36 Å². The molecule has 1 unspecified atom stereocenters. The summed E-state index contributed by atoms with van der Waals surface area (Å²) in [6, 6.07) is 9.25. The van der Waals surface area contributed by atoms with E-state index in [0.29, 0.717) is 22.3 Å². The van der Waals surface area contributed by atoms with Crippen LogP contribution in [0.4, 0.5) is 0 Å². The molecule has 1 aliphatic rings. The lowest BCUT2D eigenvalue weighted by Gasteiger charge is -2.36. The molecule has 1 atom stereocenters. The average Bonchev–Trinajstić information content (AvgIpc) is 2.52. The summed E-state index contributed by atoms with van der Waals surface area (Å²) in [6.07, 6.45) is 1.83. The Kier molecular flexibility index (Phi) is 6.84. The summed E-state index contributed by atoms with van der Waals surface area (Å²) >= 11 is 18.6. The molecule has 0 aromatic heterocycles. The third-order valence-corrected chi connectivity index (χ3v) is 6.07. The van der Waals surface area contributed by atoms with Crippen LogP contribution in [0.3, 0.4) is 0 Å². The predicted molar refractivity (Wildman–Crippen MR) is 122 cm³/mol. The first-order chi connectivity index (χ1) is 12.6. The maximum atomic E-state index is 13.7. The first-order valence-electron chi connectivity index (χ1n) is 9.06. The minimum absolute atomic E-state index is 0.133. The van der Waals surface area contributed by atoms with Gasteiger partial charge in [-0.15, -0.1) is 11.6 Å². The number of hydrogen-bond acceptors (Lipinski definition) is 2. The fourth-order valence-electron chi connectivity index (χ4n) is 3.40. The summed E-state index contributed by atoms with van der Waals surface area (Å²) in [7, 11) is 0. The van der Waals surface area contributed by atoms with Crippen molar-refractivity contribution >= 4 is 51.3 Å². The van der Waals surface area contributed by atoms with Crippen LogP contribution in [0.5, 0.6) is 0 Å². The van der Waals surface area contributed by atoms with Crippen LogP contribution >= 0.6 is 39.9 Å². The van der Waals surface area contributed by atoms with Gasteiger partial charge in [0.15, 0.2) is 5.78 Å². The molecule has 1 aliphatic carbocycles. The van der Waals surface area contributed by atoms with Crippen molar-refractivity contribution in [1.29, 1.82) is 0 Å². The van der Waals surface area contributed by atoms with Crippen molar-refractivity contribution in [3.8, 4) is 0 Å². The molecule has 0 fully saturated rings. The molecular formula is C22H26Cl3O2P. The number of carbonyl (C=O) groups excluding carboxylic acids is 1. The minimum atomic E-state index is -3.61. The van der Waals surface area contributed by atoms with Crippen LogP contribution in [0.25, 0.3) is 5.57 Å². The number of Topliss-reactive ketones (excluding diaryl/α,β-unsaturated/α-hetero) is 1. The van der Waals surface area contributed by atoms with Crippen molar-refractivity contribution in [2.75, 3.05) is 0 Å². The lowest BCUT2D eigenvalue weighted by atomic mass is 9.69. The molecule has 1 aromatic rings. The lowest BCUT2D eigenvalue weighted by Crippen LogP contribution is -2.32. The zero-order valence-corrected chi connectivity index (χ0v) is 20.2. The molecule has 0 saturated heterocycles. The van der Waals surface area contributed by atoms with Crippen molar-refractivity contribution in [3.63, 3.8) is 0 Å². The van der Waals surface area contributed by atoms with Gasteiger partial charge in [-0.1, -0.05) is 78.0 Å². The second kappa shape index (κ2) is 8.15. The van der Waals surface area contributed by atoms with Gasteiger partial charge < -0.3 is 0 Å². The van der Waals surface area contributed by atoms with Crippen molar-refractivity contribution in [3.05, 3.63) is 64.5 Å². The Morgan fingerprint density at radius 3 is 1.96 bits per heavy atom. The number of ketones is 1.